The number of hydrogen-bond donors (Lipinski definition) is 0. The standard InChI is InChI=1S/C59H44N6O/c1-59(2,3)38-32-33-60-52(34-38)65-51-36-43(66-42-23-17-22-41(35-42)63-37-62(39-18-7-5-8-19-39)49-28-15-16-29-50(49)63)30-31-46(51)55-56-53(44-24-11-13-26-47(44)61(56)4)54-45-25-12-14-27-48(45)64(57(54)58(55)65)40-20-9-6-10-21-40/h5-36H,1-4H3. The summed E-state index contributed by atoms with van der Waals surface area (Å²) in [5.41, 5.74) is 13.1. The van der Waals surface area contributed by atoms with Crippen LogP contribution in [-0.4, -0.2) is 23.3 Å². The first kappa shape index (κ1) is 38.1. The number of benzene rings is 8. The van der Waals surface area contributed by atoms with Crippen molar-refractivity contribution >= 4 is 76.5 Å². The van der Waals surface area contributed by atoms with Gasteiger partial charge >= 0.3 is 0 Å². The Labute approximate surface area is 381 Å². The Kier molecular flexibility index (Phi) is 8.25. The average molecular weight is 853 g/mol. The third-order valence-electron chi connectivity index (χ3n) is 13.4. The van der Waals surface area contributed by atoms with Gasteiger partial charge in [-0.3, -0.25) is 13.7 Å². The van der Waals surface area contributed by atoms with Crippen LogP contribution in [0.4, 0.5) is 0 Å². The van der Waals surface area contributed by atoms with Crippen molar-refractivity contribution in [2.75, 3.05) is 0 Å². The Morgan fingerprint density at radius 3 is 1.89 bits per heavy atom. The zero-order valence-corrected chi connectivity index (χ0v) is 37.1. The predicted molar refractivity (Wildman–Crippen MR) is 269 cm³/mol. The minimum absolute atomic E-state index is 0.101. The van der Waals surface area contributed by atoms with Crippen LogP contribution in [0, 0.1) is 6.33 Å². The van der Waals surface area contributed by atoms with Crippen LogP contribution in [0.5, 0.6) is 11.5 Å². The van der Waals surface area contributed by atoms with E-state index in [0.717, 1.165) is 72.9 Å². The van der Waals surface area contributed by atoms with Gasteiger partial charge in [0.2, 0.25) is 0 Å². The molecule has 0 aliphatic rings. The molecule has 0 bridgehead atoms. The fourth-order valence-corrected chi connectivity index (χ4v) is 10.4. The lowest BCUT2D eigenvalue weighted by Gasteiger charge is -2.20. The summed E-state index contributed by atoms with van der Waals surface area (Å²) in [5.74, 6) is 2.31. The van der Waals surface area contributed by atoms with E-state index in [1.165, 1.54) is 43.5 Å². The van der Waals surface area contributed by atoms with Gasteiger partial charge in [-0.1, -0.05) is 124 Å². The van der Waals surface area contributed by atoms with E-state index >= 15 is 0 Å². The zero-order valence-electron chi connectivity index (χ0n) is 37.1. The van der Waals surface area contributed by atoms with E-state index in [4.69, 9.17) is 9.72 Å². The molecule has 66 heavy (non-hydrogen) atoms. The third-order valence-corrected chi connectivity index (χ3v) is 13.4. The number of rotatable bonds is 6. The second-order valence-corrected chi connectivity index (χ2v) is 18.3. The number of pyridine rings is 1. The Morgan fingerprint density at radius 2 is 1.12 bits per heavy atom. The van der Waals surface area contributed by atoms with Gasteiger partial charge in [-0.05, 0) is 89.8 Å². The molecule has 0 radical (unpaired) electrons. The summed E-state index contributed by atoms with van der Waals surface area (Å²) in [6.07, 6.45) is 5.59. The van der Waals surface area contributed by atoms with Crippen molar-refractivity contribution in [2.24, 2.45) is 7.05 Å². The molecular formula is C59H44N6O. The molecule has 0 amide bonds. The van der Waals surface area contributed by atoms with E-state index in [2.05, 4.69) is 227 Å². The molecule has 8 aromatic carbocycles. The topological polar surface area (TPSA) is 45.7 Å². The van der Waals surface area contributed by atoms with Gasteiger partial charge in [-0.25, -0.2) is 4.98 Å². The van der Waals surface area contributed by atoms with Gasteiger partial charge in [0.15, 0.2) is 0 Å². The first-order chi connectivity index (χ1) is 32.3. The molecule has 7 nitrogen and oxygen atoms in total. The second kappa shape index (κ2) is 14.3. The van der Waals surface area contributed by atoms with Crippen LogP contribution in [0.15, 0.2) is 194 Å². The first-order valence-corrected chi connectivity index (χ1v) is 22.5. The number of nitrogens with zero attached hydrogens (tertiary/aromatic N) is 6. The smallest absolute Gasteiger partial charge is 0.269 e. The largest absolute Gasteiger partial charge is 0.458 e. The maximum Gasteiger partial charge on any atom is 0.269 e. The van der Waals surface area contributed by atoms with Crippen LogP contribution >= 0.6 is 0 Å². The molecule has 13 aromatic rings. The average Bonchev–Trinajstić information content (AvgIpc) is 4.09. The first-order valence-electron chi connectivity index (χ1n) is 22.5. The van der Waals surface area contributed by atoms with Crippen LogP contribution in [0.1, 0.15) is 26.3 Å². The van der Waals surface area contributed by atoms with Crippen molar-refractivity contribution < 1.29 is 9.30 Å². The summed E-state index contributed by atoms with van der Waals surface area (Å²) >= 11 is 0. The molecule has 0 aliphatic carbocycles. The molecule has 0 spiro atoms. The highest BCUT2D eigenvalue weighted by Gasteiger charge is 2.29. The molecule has 5 aromatic heterocycles. The number of para-hydroxylation sites is 6. The number of fused-ring (bicyclic) bond motifs is 13. The maximum atomic E-state index is 6.93. The minimum Gasteiger partial charge on any atom is -0.458 e. The fraction of sp³-hybridized carbons (Fsp3) is 0.0847. The Balaban J connectivity index is 1.11. The molecule has 0 saturated heterocycles. The van der Waals surface area contributed by atoms with Crippen LogP contribution < -0.4 is 9.30 Å². The molecular weight excluding hydrogens is 809 g/mol. The zero-order chi connectivity index (χ0) is 44.3. The van der Waals surface area contributed by atoms with Crippen LogP contribution in [0.2, 0.25) is 0 Å². The highest BCUT2D eigenvalue weighted by molar-refractivity contribution is 6.40. The lowest BCUT2D eigenvalue weighted by molar-refractivity contribution is -0.572. The molecule has 13 rings (SSSR count). The molecule has 0 unspecified atom stereocenters. The number of imidazole rings is 1. The molecule has 0 aliphatic heterocycles. The maximum absolute atomic E-state index is 6.93. The van der Waals surface area contributed by atoms with Crippen LogP contribution in [0.3, 0.4) is 0 Å². The van der Waals surface area contributed by atoms with Gasteiger partial charge < -0.3 is 13.9 Å². The number of hydrogen-bond acceptors (Lipinski definition) is 2. The summed E-state index contributed by atoms with van der Waals surface area (Å²) in [5, 5.41) is 7.20. The lowest BCUT2D eigenvalue weighted by atomic mass is 9.88. The highest BCUT2D eigenvalue weighted by Crippen LogP contribution is 2.49. The van der Waals surface area contributed by atoms with Gasteiger partial charge in [0, 0.05) is 62.8 Å². The van der Waals surface area contributed by atoms with E-state index in [0.29, 0.717) is 0 Å². The number of aromatic nitrogens is 6. The van der Waals surface area contributed by atoms with E-state index in [1.807, 2.05) is 24.4 Å². The number of ether oxygens (including phenoxy) is 1. The van der Waals surface area contributed by atoms with Crippen molar-refractivity contribution in [2.45, 2.75) is 26.2 Å². The fourth-order valence-electron chi connectivity index (χ4n) is 10.4. The minimum atomic E-state index is -0.101. The van der Waals surface area contributed by atoms with Gasteiger partial charge in [-0.15, -0.1) is 0 Å². The van der Waals surface area contributed by atoms with Gasteiger partial charge in [-0.2, -0.15) is 0 Å². The summed E-state index contributed by atoms with van der Waals surface area (Å²) in [7, 11) is 2.21. The van der Waals surface area contributed by atoms with Gasteiger partial charge in [0.1, 0.15) is 17.3 Å². The van der Waals surface area contributed by atoms with Crippen molar-refractivity contribution in [3.63, 3.8) is 0 Å². The highest BCUT2D eigenvalue weighted by atomic mass is 16.5. The van der Waals surface area contributed by atoms with Crippen molar-refractivity contribution in [1.29, 1.82) is 0 Å². The Hall–Kier alpha value is -8.42. The number of aryl methyl sites for hydroxylation is 1. The van der Waals surface area contributed by atoms with E-state index < -0.39 is 0 Å². The lowest BCUT2D eigenvalue weighted by Crippen LogP contribution is -2.29. The van der Waals surface area contributed by atoms with Crippen LogP contribution in [0.25, 0.3) is 99.3 Å². The molecule has 0 fully saturated rings. The molecule has 316 valence electrons. The Bertz CT molecular complexity index is 4070. The SMILES string of the molecule is Cn1c2ccccc2c2c3c4ccccc4n(-c4ccccc4)c3c3c(c4ccc(Oc5cccc(-[n+]6[c-]n(-c7ccccc7)c7ccccc76)c5)cc4n3-c3cc(C(C)(C)C)ccn3)c21. The van der Waals surface area contributed by atoms with E-state index in [-0.39, 0.29) is 5.41 Å². The Morgan fingerprint density at radius 1 is 0.500 bits per heavy atom. The van der Waals surface area contributed by atoms with Crippen molar-refractivity contribution in [3.05, 3.63) is 206 Å². The molecule has 0 N–H and O–H groups in total. The molecule has 7 heteroatoms. The molecule has 0 atom stereocenters. The van der Waals surface area contributed by atoms with Crippen molar-refractivity contribution in [3.8, 4) is 34.4 Å². The monoisotopic (exact) mass is 852 g/mol. The molecule has 0 saturated carbocycles. The van der Waals surface area contributed by atoms with Gasteiger partial charge in [0.05, 0.1) is 50.0 Å². The normalized spacial score (nSPS) is 12.2. The van der Waals surface area contributed by atoms with Gasteiger partial charge in [0.25, 0.3) is 6.33 Å². The van der Waals surface area contributed by atoms with E-state index in [1.54, 1.807) is 0 Å². The predicted octanol–water partition coefficient (Wildman–Crippen LogP) is 14.0. The van der Waals surface area contributed by atoms with E-state index in [9.17, 15) is 0 Å². The summed E-state index contributed by atoms with van der Waals surface area (Å²) in [6, 6.07) is 66.5. The third kappa shape index (κ3) is 5.62. The van der Waals surface area contributed by atoms with Crippen molar-refractivity contribution in [1.82, 2.24) is 23.3 Å². The summed E-state index contributed by atoms with van der Waals surface area (Å²) < 4.78 is 18.4. The second-order valence-electron chi connectivity index (χ2n) is 18.3. The quantitative estimate of drug-likeness (QED) is 0.124. The summed E-state index contributed by atoms with van der Waals surface area (Å²) in [4.78, 5) is 5.21. The van der Waals surface area contributed by atoms with Crippen LogP contribution in [-0.2, 0) is 12.5 Å². The summed E-state index contributed by atoms with van der Waals surface area (Å²) in [6.45, 7) is 6.79. The molecule has 5 heterocycles.